The first-order chi connectivity index (χ1) is 12.5. The predicted octanol–water partition coefficient (Wildman–Crippen LogP) is 2.12. The number of urea groups is 1. The number of carboxylic acids is 1. The lowest BCUT2D eigenvalue weighted by molar-refractivity contribution is -0.141. The molecule has 140 valence electrons. The first-order valence-corrected chi connectivity index (χ1v) is 9.87. The molecular formula is C18H23N3O4S. The number of nitrogens with zero attached hydrogens (tertiary/aromatic N) is 2. The summed E-state index contributed by atoms with van der Waals surface area (Å²) in [5.74, 6) is 0.491. The van der Waals surface area contributed by atoms with Gasteiger partial charge in [-0.3, -0.25) is 9.59 Å². The fourth-order valence-electron chi connectivity index (χ4n) is 3.18. The van der Waals surface area contributed by atoms with Crippen LogP contribution in [0.1, 0.15) is 22.3 Å². The van der Waals surface area contributed by atoms with Crippen LogP contribution in [0.5, 0.6) is 0 Å². The van der Waals surface area contributed by atoms with Gasteiger partial charge in [0.25, 0.3) is 5.91 Å². The molecule has 0 saturated carbocycles. The number of benzene rings is 1. The Labute approximate surface area is 156 Å². The summed E-state index contributed by atoms with van der Waals surface area (Å²) in [6.45, 7) is 3.98. The van der Waals surface area contributed by atoms with Crippen molar-refractivity contribution in [2.45, 2.75) is 13.3 Å². The molecule has 1 unspecified atom stereocenters. The summed E-state index contributed by atoms with van der Waals surface area (Å²) in [4.78, 5) is 39.5. The Kier molecular flexibility index (Phi) is 5.70. The molecule has 2 aliphatic heterocycles. The second-order valence-electron chi connectivity index (χ2n) is 6.63. The normalized spacial score (nSPS) is 20.1. The third-order valence-corrected chi connectivity index (χ3v) is 5.79. The van der Waals surface area contributed by atoms with Gasteiger partial charge in [0.2, 0.25) is 0 Å². The number of hydrogen-bond acceptors (Lipinski definition) is 4. The van der Waals surface area contributed by atoms with Gasteiger partial charge in [-0.05, 0) is 31.0 Å². The largest absolute Gasteiger partial charge is 0.481 e. The van der Waals surface area contributed by atoms with E-state index in [0.717, 1.165) is 30.2 Å². The minimum atomic E-state index is -0.872. The molecule has 0 spiro atoms. The van der Waals surface area contributed by atoms with E-state index in [2.05, 4.69) is 5.32 Å². The second kappa shape index (κ2) is 7.99. The number of amides is 3. The Bertz CT molecular complexity index is 718. The molecular weight excluding hydrogens is 354 g/mol. The number of anilines is 1. The SMILES string of the molecule is Cc1ccc(C(=O)N2CCSCC2)cc1NC(=O)N1CCC(C(=O)O)C1. The van der Waals surface area contributed by atoms with Gasteiger partial charge in [-0.25, -0.2) is 4.79 Å². The average molecular weight is 377 g/mol. The Balaban J connectivity index is 1.69. The van der Waals surface area contributed by atoms with Crippen LogP contribution in [0.2, 0.25) is 0 Å². The molecule has 2 saturated heterocycles. The maximum absolute atomic E-state index is 12.7. The number of nitrogens with one attached hydrogen (secondary N) is 1. The first-order valence-electron chi connectivity index (χ1n) is 8.72. The van der Waals surface area contributed by atoms with Crippen LogP contribution in [0.15, 0.2) is 18.2 Å². The number of aliphatic carboxylic acids is 1. The van der Waals surface area contributed by atoms with E-state index in [1.165, 1.54) is 4.90 Å². The minimum Gasteiger partial charge on any atom is -0.481 e. The number of aryl methyl sites for hydroxylation is 1. The number of rotatable bonds is 3. The number of carbonyl (C=O) groups excluding carboxylic acids is 2. The van der Waals surface area contributed by atoms with E-state index in [1.807, 2.05) is 29.7 Å². The molecule has 2 N–H and O–H groups in total. The maximum atomic E-state index is 12.7. The van der Waals surface area contributed by atoms with E-state index >= 15 is 0 Å². The lowest BCUT2D eigenvalue weighted by Crippen LogP contribution is -2.38. The molecule has 7 nitrogen and oxygen atoms in total. The van der Waals surface area contributed by atoms with E-state index in [4.69, 9.17) is 5.11 Å². The molecule has 0 aliphatic carbocycles. The predicted molar refractivity (Wildman–Crippen MR) is 101 cm³/mol. The van der Waals surface area contributed by atoms with E-state index in [-0.39, 0.29) is 18.5 Å². The van der Waals surface area contributed by atoms with Crippen molar-refractivity contribution in [3.8, 4) is 0 Å². The summed E-state index contributed by atoms with van der Waals surface area (Å²) < 4.78 is 0. The topological polar surface area (TPSA) is 90.0 Å². The molecule has 2 fully saturated rings. The zero-order valence-corrected chi connectivity index (χ0v) is 15.6. The molecule has 0 radical (unpaired) electrons. The highest BCUT2D eigenvalue weighted by atomic mass is 32.2. The molecule has 3 rings (SSSR count). The summed E-state index contributed by atoms with van der Waals surface area (Å²) in [6, 6.07) is 5.00. The molecule has 2 heterocycles. The molecule has 0 aromatic heterocycles. The smallest absolute Gasteiger partial charge is 0.321 e. The summed E-state index contributed by atoms with van der Waals surface area (Å²) in [7, 11) is 0. The van der Waals surface area contributed by atoms with Gasteiger partial charge in [-0.2, -0.15) is 11.8 Å². The highest BCUT2D eigenvalue weighted by Crippen LogP contribution is 2.22. The van der Waals surface area contributed by atoms with Crippen LogP contribution < -0.4 is 5.32 Å². The lowest BCUT2D eigenvalue weighted by Gasteiger charge is -2.26. The van der Waals surface area contributed by atoms with Crippen LogP contribution >= 0.6 is 11.8 Å². The van der Waals surface area contributed by atoms with E-state index in [9.17, 15) is 14.4 Å². The van der Waals surface area contributed by atoms with Crippen LogP contribution in [-0.2, 0) is 4.79 Å². The molecule has 1 atom stereocenters. The van der Waals surface area contributed by atoms with E-state index in [0.29, 0.717) is 24.2 Å². The maximum Gasteiger partial charge on any atom is 0.321 e. The van der Waals surface area contributed by atoms with Gasteiger partial charge >= 0.3 is 12.0 Å². The van der Waals surface area contributed by atoms with Crippen molar-refractivity contribution >= 4 is 35.4 Å². The third-order valence-electron chi connectivity index (χ3n) is 4.85. The van der Waals surface area contributed by atoms with Crippen LogP contribution in [0, 0.1) is 12.8 Å². The van der Waals surface area contributed by atoms with Gasteiger partial charge in [0, 0.05) is 48.9 Å². The van der Waals surface area contributed by atoms with Crippen LogP contribution in [0.25, 0.3) is 0 Å². The third kappa shape index (κ3) is 4.12. The highest BCUT2D eigenvalue weighted by Gasteiger charge is 2.31. The summed E-state index contributed by atoms with van der Waals surface area (Å²) in [5.41, 5.74) is 2.01. The van der Waals surface area contributed by atoms with Gasteiger partial charge in [-0.1, -0.05) is 6.07 Å². The van der Waals surface area contributed by atoms with Crippen molar-refractivity contribution in [2.75, 3.05) is 43.0 Å². The van der Waals surface area contributed by atoms with Crippen LogP contribution in [0.3, 0.4) is 0 Å². The molecule has 2 aliphatic rings. The Morgan fingerprint density at radius 3 is 2.54 bits per heavy atom. The molecule has 26 heavy (non-hydrogen) atoms. The summed E-state index contributed by atoms with van der Waals surface area (Å²) in [5, 5.41) is 11.9. The fourth-order valence-corrected chi connectivity index (χ4v) is 4.08. The van der Waals surface area contributed by atoms with Gasteiger partial charge in [-0.15, -0.1) is 0 Å². The molecule has 3 amide bonds. The Morgan fingerprint density at radius 1 is 1.15 bits per heavy atom. The van der Waals surface area contributed by atoms with Crippen molar-refractivity contribution < 1.29 is 19.5 Å². The summed E-state index contributed by atoms with van der Waals surface area (Å²) in [6.07, 6.45) is 0.466. The van der Waals surface area contributed by atoms with Gasteiger partial charge in [0.15, 0.2) is 0 Å². The van der Waals surface area contributed by atoms with E-state index in [1.54, 1.807) is 12.1 Å². The zero-order chi connectivity index (χ0) is 18.7. The Morgan fingerprint density at radius 2 is 1.88 bits per heavy atom. The van der Waals surface area contributed by atoms with Crippen molar-refractivity contribution in [1.29, 1.82) is 0 Å². The van der Waals surface area contributed by atoms with Crippen LogP contribution in [0.4, 0.5) is 10.5 Å². The van der Waals surface area contributed by atoms with Crippen LogP contribution in [-0.4, -0.2) is 70.5 Å². The number of carboxylic acid groups (broad SMARTS) is 1. The van der Waals surface area contributed by atoms with Gasteiger partial charge in [0.1, 0.15) is 0 Å². The number of carbonyl (C=O) groups is 3. The number of likely N-dealkylation sites (tertiary alicyclic amines) is 1. The Hall–Kier alpha value is -2.22. The molecule has 1 aromatic rings. The molecule has 8 heteroatoms. The van der Waals surface area contributed by atoms with Gasteiger partial charge < -0.3 is 20.2 Å². The molecule has 1 aromatic carbocycles. The van der Waals surface area contributed by atoms with E-state index < -0.39 is 11.9 Å². The van der Waals surface area contributed by atoms with Crippen molar-refractivity contribution in [1.82, 2.24) is 9.80 Å². The second-order valence-corrected chi connectivity index (χ2v) is 7.86. The van der Waals surface area contributed by atoms with Crippen molar-refractivity contribution in [3.05, 3.63) is 29.3 Å². The zero-order valence-electron chi connectivity index (χ0n) is 14.7. The minimum absolute atomic E-state index is 0.0205. The fraction of sp³-hybridized carbons (Fsp3) is 0.500. The quantitative estimate of drug-likeness (QED) is 0.842. The highest BCUT2D eigenvalue weighted by molar-refractivity contribution is 7.99. The monoisotopic (exact) mass is 377 g/mol. The number of hydrogen-bond donors (Lipinski definition) is 2. The number of thioether (sulfide) groups is 1. The van der Waals surface area contributed by atoms with Gasteiger partial charge in [0.05, 0.1) is 5.92 Å². The lowest BCUT2D eigenvalue weighted by atomic mass is 10.1. The first kappa shape index (κ1) is 18.6. The summed E-state index contributed by atoms with van der Waals surface area (Å²) >= 11 is 1.84. The van der Waals surface area contributed by atoms with Crippen molar-refractivity contribution in [3.63, 3.8) is 0 Å². The van der Waals surface area contributed by atoms with Crippen molar-refractivity contribution in [2.24, 2.45) is 5.92 Å². The standard InChI is InChI=1S/C18H23N3O4S/c1-12-2-3-13(16(22)20-6-8-26-9-7-20)10-15(12)19-18(25)21-5-4-14(11-21)17(23)24/h2-3,10,14H,4-9,11H2,1H3,(H,19,25)(H,23,24). The average Bonchev–Trinajstić information content (AvgIpc) is 3.14. The molecule has 0 bridgehead atoms.